The van der Waals surface area contributed by atoms with Gasteiger partial charge in [0.2, 0.25) is 0 Å². The molecular formula is C17H19Br2NS. The Morgan fingerprint density at radius 1 is 1.19 bits per heavy atom. The molecule has 0 amide bonds. The summed E-state index contributed by atoms with van der Waals surface area (Å²) in [5.41, 5.74) is 2.43. The number of hydrogen-bond acceptors (Lipinski definition) is 2. The van der Waals surface area contributed by atoms with Gasteiger partial charge in [-0.25, -0.2) is 0 Å². The van der Waals surface area contributed by atoms with Gasteiger partial charge in [-0.15, -0.1) is 11.3 Å². The van der Waals surface area contributed by atoms with Crippen molar-refractivity contribution >= 4 is 48.9 Å². The third-order valence-electron chi connectivity index (χ3n) is 4.21. The van der Waals surface area contributed by atoms with Crippen LogP contribution >= 0.6 is 43.2 Å². The average molecular weight is 429 g/mol. The van der Waals surface area contributed by atoms with E-state index in [1.54, 1.807) is 0 Å². The highest BCUT2D eigenvalue weighted by Gasteiger charge is 2.28. The summed E-state index contributed by atoms with van der Waals surface area (Å²) in [4.78, 5) is 1.45. The summed E-state index contributed by atoms with van der Waals surface area (Å²) in [5.74, 6) is 0.740. The Balaban J connectivity index is 1.91. The summed E-state index contributed by atoms with van der Waals surface area (Å²) in [6.07, 6.45) is 5.39. The number of aryl methyl sites for hydroxylation is 1. The minimum Gasteiger partial charge on any atom is -0.375 e. The van der Waals surface area contributed by atoms with Gasteiger partial charge in [-0.2, -0.15) is 0 Å². The Kier molecular flexibility index (Phi) is 5.07. The van der Waals surface area contributed by atoms with Crippen molar-refractivity contribution < 1.29 is 0 Å². The topological polar surface area (TPSA) is 12.0 Å². The molecule has 1 aliphatic rings. The summed E-state index contributed by atoms with van der Waals surface area (Å²) < 4.78 is 2.27. The molecule has 1 aliphatic carbocycles. The van der Waals surface area contributed by atoms with E-state index >= 15 is 0 Å². The standard InChI is InChI=1S/C17H19Br2NS/c1-11-9-13(18)17(14(19)10-11)20-16(12-5-2-3-6-12)15-7-4-8-21-15/h4,7-10,12,16,20H,2-3,5-6H2,1H3. The maximum Gasteiger partial charge on any atom is 0.0635 e. The van der Waals surface area contributed by atoms with E-state index in [0.717, 1.165) is 14.9 Å². The van der Waals surface area contributed by atoms with Gasteiger partial charge < -0.3 is 5.32 Å². The lowest BCUT2D eigenvalue weighted by molar-refractivity contribution is 0.475. The van der Waals surface area contributed by atoms with E-state index in [2.05, 4.69) is 73.7 Å². The summed E-state index contributed by atoms with van der Waals surface area (Å²) in [5, 5.41) is 5.98. The minimum atomic E-state index is 0.419. The summed E-state index contributed by atoms with van der Waals surface area (Å²) in [6, 6.07) is 9.18. The smallest absolute Gasteiger partial charge is 0.0635 e. The number of anilines is 1. The monoisotopic (exact) mass is 427 g/mol. The minimum absolute atomic E-state index is 0.419. The summed E-state index contributed by atoms with van der Waals surface area (Å²) in [6.45, 7) is 2.12. The molecule has 4 heteroatoms. The molecule has 0 radical (unpaired) electrons. The van der Waals surface area contributed by atoms with Crippen LogP contribution in [0.1, 0.15) is 42.2 Å². The SMILES string of the molecule is Cc1cc(Br)c(NC(c2cccs2)C2CCCC2)c(Br)c1. The van der Waals surface area contributed by atoms with Gasteiger partial charge in [0.25, 0.3) is 0 Å². The number of nitrogens with one attached hydrogen (secondary N) is 1. The van der Waals surface area contributed by atoms with Gasteiger partial charge in [-0.05, 0) is 86.7 Å². The quantitative estimate of drug-likeness (QED) is 0.556. The Morgan fingerprint density at radius 3 is 2.43 bits per heavy atom. The molecular weight excluding hydrogens is 410 g/mol. The van der Waals surface area contributed by atoms with Crippen LogP contribution in [0, 0.1) is 12.8 Å². The summed E-state index contributed by atoms with van der Waals surface area (Å²) in [7, 11) is 0. The predicted octanol–water partition coefficient (Wildman–Crippen LogP) is 6.92. The molecule has 0 saturated heterocycles. The van der Waals surface area contributed by atoms with Crippen LogP contribution in [0.2, 0.25) is 0 Å². The third-order valence-corrected chi connectivity index (χ3v) is 6.41. The fraction of sp³-hybridized carbons (Fsp3) is 0.412. The van der Waals surface area contributed by atoms with Crippen molar-refractivity contribution in [2.45, 2.75) is 38.6 Å². The predicted molar refractivity (Wildman–Crippen MR) is 99.2 cm³/mol. The highest BCUT2D eigenvalue weighted by molar-refractivity contribution is 9.11. The van der Waals surface area contributed by atoms with Crippen LogP contribution in [-0.2, 0) is 0 Å². The molecule has 1 aromatic heterocycles. The van der Waals surface area contributed by atoms with Gasteiger partial charge in [-0.1, -0.05) is 18.9 Å². The molecule has 1 unspecified atom stereocenters. The van der Waals surface area contributed by atoms with Crippen molar-refractivity contribution in [2.75, 3.05) is 5.32 Å². The van der Waals surface area contributed by atoms with Gasteiger partial charge in [0, 0.05) is 13.8 Å². The van der Waals surface area contributed by atoms with Crippen molar-refractivity contribution in [1.82, 2.24) is 0 Å². The number of hydrogen-bond donors (Lipinski definition) is 1. The first-order chi connectivity index (χ1) is 10.1. The maximum atomic E-state index is 3.80. The molecule has 21 heavy (non-hydrogen) atoms. The number of halogens is 2. The molecule has 3 rings (SSSR count). The van der Waals surface area contributed by atoms with Gasteiger partial charge in [-0.3, -0.25) is 0 Å². The lowest BCUT2D eigenvalue weighted by atomic mass is 9.96. The Hall–Kier alpha value is -0.320. The van der Waals surface area contributed by atoms with E-state index in [9.17, 15) is 0 Å². The highest BCUT2D eigenvalue weighted by atomic mass is 79.9. The zero-order valence-electron chi connectivity index (χ0n) is 12.0. The average Bonchev–Trinajstić information content (AvgIpc) is 3.11. The fourth-order valence-electron chi connectivity index (χ4n) is 3.17. The lowest BCUT2D eigenvalue weighted by Crippen LogP contribution is -2.18. The van der Waals surface area contributed by atoms with Crippen LogP contribution in [-0.4, -0.2) is 0 Å². The second-order valence-electron chi connectivity index (χ2n) is 5.79. The Labute approximate surface area is 147 Å². The van der Waals surface area contributed by atoms with Crippen LogP contribution in [0.25, 0.3) is 0 Å². The number of rotatable bonds is 4. The normalized spacial score (nSPS) is 17.1. The van der Waals surface area contributed by atoms with Crippen LogP contribution in [0.5, 0.6) is 0 Å². The second-order valence-corrected chi connectivity index (χ2v) is 8.47. The molecule has 0 bridgehead atoms. The largest absolute Gasteiger partial charge is 0.375 e. The van der Waals surface area contributed by atoms with Crippen LogP contribution in [0.4, 0.5) is 5.69 Å². The van der Waals surface area contributed by atoms with Gasteiger partial charge in [0.05, 0.1) is 11.7 Å². The van der Waals surface area contributed by atoms with Gasteiger partial charge in [0.1, 0.15) is 0 Å². The Morgan fingerprint density at radius 2 is 1.86 bits per heavy atom. The molecule has 1 aromatic carbocycles. The molecule has 2 aromatic rings. The van der Waals surface area contributed by atoms with E-state index in [1.807, 2.05) is 11.3 Å². The zero-order chi connectivity index (χ0) is 14.8. The fourth-order valence-corrected chi connectivity index (χ4v) is 5.69. The summed E-state index contributed by atoms with van der Waals surface area (Å²) >= 11 is 9.28. The molecule has 1 N–H and O–H groups in total. The number of benzene rings is 1. The van der Waals surface area contributed by atoms with Crippen LogP contribution < -0.4 is 5.32 Å². The molecule has 0 aliphatic heterocycles. The zero-order valence-corrected chi connectivity index (χ0v) is 16.0. The molecule has 1 fully saturated rings. The van der Waals surface area contributed by atoms with Gasteiger partial charge >= 0.3 is 0 Å². The van der Waals surface area contributed by atoms with E-state index in [-0.39, 0.29) is 0 Å². The second kappa shape index (κ2) is 6.84. The first-order valence-electron chi connectivity index (χ1n) is 7.41. The van der Waals surface area contributed by atoms with Crippen molar-refractivity contribution in [3.05, 3.63) is 49.0 Å². The molecule has 0 spiro atoms. The molecule has 1 atom stereocenters. The molecule has 112 valence electrons. The molecule has 1 nitrogen and oxygen atoms in total. The van der Waals surface area contributed by atoms with Crippen LogP contribution in [0.3, 0.4) is 0 Å². The Bertz CT molecular complexity index is 580. The lowest BCUT2D eigenvalue weighted by Gasteiger charge is -2.26. The molecule has 1 heterocycles. The van der Waals surface area contributed by atoms with Crippen LogP contribution in [0.15, 0.2) is 38.6 Å². The van der Waals surface area contributed by atoms with Crippen molar-refractivity contribution in [3.63, 3.8) is 0 Å². The highest BCUT2D eigenvalue weighted by Crippen LogP contribution is 2.42. The van der Waals surface area contributed by atoms with E-state index in [4.69, 9.17) is 0 Å². The van der Waals surface area contributed by atoms with Crippen molar-refractivity contribution in [3.8, 4) is 0 Å². The maximum absolute atomic E-state index is 3.80. The van der Waals surface area contributed by atoms with Gasteiger partial charge in [0.15, 0.2) is 0 Å². The van der Waals surface area contributed by atoms with Crippen molar-refractivity contribution in [1.29, 1.82) is 0 Å². The number of thiophene rings is 1. The first-order valence-corrected chi connectivity index (χ1v) is 9.87. The van der Waals surface area contributed by atoms with Crippen molar-refractivity contribution in [2.24, 2.45) is 5.92 Å². The molecule has 1 saturated carbocycles. The van der Waals surface area contributed by atoms with E-state index in [0.29, 0.717) is 6.04 Å². The first kappa shape index (κ1) is 15.6. The third kappa shape index (κ3) is 3.54. The van der Waals surface area contributed by atoms with E-state index < -0.39 is 0 Å². The van der Waals surface area contributed by atoms with E-state index in [1.165, 1.54) is 41.8 Å².